The van der Waals surface area contributed by atoms with Gasteiger partial charge in [-0.3, -0.25) is 4.79 Å². The number of amides is 1. The molecule has 1 aromatic rings. The zero-order chi connectivity index (χ0) is 10.7. The van der Waals surface area contributed by atoms with Crippen LogP contribution in [0.4, 0.5) is 0 Å². The van der Waals surface area contributed by atoms with Crippen LogP contribution in [0.2, 0.25) is 0 Å². The second kappa shape index (κ2) is 4.49. The topological polar surface area (TPSA) is 54.1 Å². The van der Waals surface area contributed by atoms with Crippen molar-refractivity contribution in [3.8, 4) is 0 Å². The maximum Gasteiger partial charge on any atom is 0.225 e. The number of hydrogen-bond donors (Lipinski definition) is 2. The molecule has 1 fully saturated rings. The quantitative estimate of drug-likeness (QED) is 0.780. The minimum Gasteiger partial charge on any atom is -0.378 e. The first kappa shape index (κ1) is 10.2. The average Bonchev–Trinajstić information content (AvgIpc) is 2.84. The molecule has 1 saturated heterocycles. The molecule has 82 valence electrons. The predicted octanol–water partition coefficient (Wildman–Crippen LogP) is 1.06. The van der Waals surface area contributed by atoms with Crippen LogP contribution in [0.1, 0.15) is 18.9 Å². The molecule has 4 heteroatoms. The molecule has 15 heavy (non-hydrogen) atoms. The molecule has 0 bridgehead atoms. The predicted molar refractivity (Wildman–Crippen MR) is 56.2 cm³/mol. The lowest BCUT2D eigenvalue weighted by atomic mass is 10.1. The Morgan fingerprint density at radius 1 is 1.73 bits per heavy atom. The minimum absolute atomic E-state index is 0.0268. The second-order valence-corrected chi connectivity index (χ2v) is 4.01. The standard InChI is InChI=1S/C11H16N2O2/c1-8-4-10(7-15-8)11(14)13-6-9-2-3-12-5-9/h2-3,5,8,10,12H,4,6-7H2,1H3,(H,13,14). The van der Waals surface area contributed by atoms with Crippen molar-refractivity contribution in [2.45, 2.75) is 26.0 Å². The zero-order valence-corrected chi connectivity index (χ0v) is 8.82. The van der Waals surface area contributed by atoms with Crippen molar-refractivity contribution in [2.24, 2.45) is 5.92 Å². The number of carbonyl (C=O) groups excluding carboxylic acids is 1. The van der Waals surface area contributed by atoms with Crippen LogP contribution < -0.4 is 5.32 Å². The largest absolute Gasteiger partial charge is 0.378 e. The van der Waals surface area contributed by atoms with Crippen LogP contribution in [0.15, 0.2) is 18.5 Å². The van der Waals surface area contributed by atoms with Gasteiger partial charge in [-0.1, -0.05) is 0 Å². The summed E-state index contributed by atoms with van der Waals surface area (Å²) in [5.41, 5.74) is 1.09. The molecule has 2 unspecified atom stereocenters. The lowest BCUT2D eigenvalue weighted by Crippen LogP contribution is -2.30. The number of ether oxygens (including phenoxy) is 1. The highest BCUT2D eigenvalue weighted by Crippen LogP contribution is 2.18. The summed E-state index contributed by atoms with van der Waals surface area (Å²) in [7, 11) is 0. The summed E-state index contributed by atoms with van der Waals surface area (Å²) in [6.07, 6.45) is 4.78. The van der Waals surface area contributed by atoms with E-state index in [-0.39, 0.29) is 17.9 Å². The zero-order valence-electron chi connectivity index (χ0n) is 8.82. The molecule has 0 aromatic carbocycles. The number of aromatic nitrogens is 1. The molecule has 0 radical (unpaired) electrons. The second-order valence-electron chi connectivity index (χ2n) is 4.01. The minimum atomic E-state index is 0.0268. The first-order chi connectivity index (χ1) is 7.25. The Morgan fingerprint density at radius 3 is 3.20 bits per heavy atom. The molecule has 1 amide bonds. The Balaban J connectivity index is 1.78. The fraction of sp³-hybridized carbons (Fsp3) is 0.545. The van der Waals surface area contributed by atoms with Gasteiger partial charge in [0, 0.05) is 18.9 Å². The Morgan fingerprint density at radius 2 is 2.60 bits per heavy atom. The van der Waals surface area contributed by atoms with Gasteiger partial charge in [0.1, 0.15) is 0 Å². The fourth-order valence-corrected chi connectivity index (χ4v) is 1.80. The van der Waals surface area contributed by atoms with Crippen molar-refractivity contribution in [1.82, 2.24) is 10.3 Å². The fourth-order valence-electron chi connectivity index (χ4n) is 1.80. The molecular weight excluding hydrogens is 192 g/mol. The van der Waals surface area contributed by atoms with E-state index >= 15 is 0 Å². The van der Waals surface area contributed by atoms with Gasteiger partial charge in [-0.15, -0.1) is 0 Å². The van der Waals surface area contributed by atoms with Crippen LogP contribution in [0.25, 0.3) is 0 Å². The van der Waals surface area contributed by atoms with E-state index in [0.29, 0.717) is 13.2 Å². The summed E-state index contributed by atoms with van der Waals surface area (Å²) in [5, 5.41) is 2.91. The van der Waals surface area contributed by atoms with Crippen molar-refractivity contribution >= 4 is 5.91 Å². The Labute approximate surface area is 89.0 Å². The number of aromatic amines is 1. The summed E-state index contributed by atoms with van der Waals surface area (Å²) < 4.78 is 5.36. The third-order valence-electron chi connectivity index (χ3n) is 2.70. The number of nitrogens with one attached hydrogen (secondary N) is 2. The smallest absolute Gasteiger partial charge is 0.225 e. The van der Waals surface area contributed by atoms with Gasteiger partial charge in [0.25, 0.3) is 0 Å². The average molecular weight is 208 g/mol. The van der Waals surface area contributed by atoms with E-state index in [2.05, 4.69) is 10.3 Å². The molecular formula is C11H16N2O2. The number of hydrogen-bond acceptors (Lipinski definition) is 2. The van der Waals surface area contributed by atoms with Gasteiger partial charge in [0.15, 0.2) is 0 Å². The van der Waals surface area contributed by atoms with Gasteiger partial charge < -0.3 is 15.0 Å². The van der Waals surface area contributed by atoms with E-state index in [9.17, 15) is 4.79 Å². The van der Waals surface area contributed by atoms with Gasteiger partial charge in [0.05, 0.1) is 18.6 Å². The Kier molecular flexibility index (Phi) is 3.06. The maximum absolute atomic E-state index is 11.7. The van der Waals surface area contributed by atoms with Crippen molar-refractivity contribution in [2.75, 3.05) is 6.61 Å². The Hall–Kier alpha value is -1.29. The third kappa shape index (κ3) is 2.59. The monoisotopic (exact) mass is 208 g/mol. The number of carbonyl (C=O) groups is 1. The molecule has 2 rings (SSSR count). The molecule has 4 nitrogen and oxygen atoms in total. The first-order valence-electron chi connectivity index (χ1n) is 5.26. The van der Waals surface area contributed by atoms with Crippen LogP contribution in [0.3, 0.4) is 0 Å². The van der Waals surface area contributed by atoms with E-state index in [1.165, 1.54) is 0 Å². The maximum atomic E-state index is 11.7. The van der Waals surface area contributed by atoms with Crippen LogP contribution >= 0.6 is 0 Å². The van der Waals surface area contributed by atoms with E-state index in [1.807, 2.05) is 25.4 Å². The third-order valence-corrected chi connectivity index (χ3v) is 2.70. The van der Waals surface area contributed by atoms with Crippen LogP contribution in [-0.2, 0) is 16.1 Å². The normalized spacial score (nSPS) is 25.4. The van der Waals surface area contributed by atoms with Crippen molar-refractivity contribution in [3.05, 3.63) is 24.0 Å². The molecule has 2 N–H and O–H groups in total. The summed E-state index contributed by atoms with van der Waals surface area (Å²) in [6.45, 7) is 3.15. The lowest BCUT2D eigenvalue weighted by Gasteiger charge is -2.08. The van der Waals surface area contributed by atoms with Crippen LogP contribution in [-0.4, -0.2) is 23.6 Å². The lowest BCUT2D eigenvalue weighted by molar-refractivity contribution is -0.125. The highest BCUT2D eigenvalue weighted by Gasteiger charge is 2.27. The van der Waals surface area contributed by atoms with Gasteiger partial charge in [0.2, 0.25) is 5.91 Å². The van der Waals surface area contributed by atoms with E-state index in [0.717, 1.165) is 12.0 Å². The molecule has 2 atom stereocenters. The molecule has 1 aromatic heterocycles. The van der Waals surface area contributed by atoms with Gasteiger partial charge in [-0.05, 0) is 25.0 Å². The van der Waals surface area contributed by atoms with Gasteiger partial charge >= 0.3 is 0 Å². The van der Waals surface area contributed by atoms with Crippen molar-refractivity contribution < 1.29 is 9.53 Å². The summed E-state index contributed by atoms with van der Waals surface area (Å²) in [5.74, 6) is 0.125. The SMILES string of the molecule is CC1CC(C(=O)NCc2cc[nH]c2)CO1. The van der Waals surface area contributed by atoms with Crippen LogP contribution in [0, 0.1) is 5.92 Å². The van der Waals surface area contributed by atoms with Gasteiger partial charge in [-0.2, -0.15) is 0 Å². The summed E-state index contributed by atoms with van der Waals surface area (Å²) in [4.78, 5) is 14.6. The van der Waals surface area contributed by atoms with Crippen molar-refractivity contribution in [3.63, 3.8) is 0 Å². The highest BCUT2D eigenvalue weighted by molar-refractivity contribution is 5.79. The summed E-state index contributed by atoms with van der Waals surface area (Å²) in [6, 6.07) is 1.95. The van der Waals surface area contributed by atoms with Crippen LogP contribution in [0.5, 0.6) is 0 Å². The molecule has 0 saturated carbocycles. The number of H-pyrrole nitrogens is 1. The molecule has 2 heterocycles. The van der Waals surface area contributed by atoms with Gasteiger partial charge in [-0.25, -0.2) is 0 Å². The van der Waals surface area contributed by atoms with E-state index in [1.54, 1.807) is 0 Å². The molecule has 1 aliphatic heterocycles. The Bertz CT molecular complexity index is 321. The van der Waals surface area contributed by atoms with E-state index in [4.69, 9.17) is 4.74 Å². The number of rotatable bonds is 3. The van der Waals surface area contributed by atoms with E-state index < -0.39 is 0 Å². The first-order valence-corrected chi connectivity index (χ1v) is 5.26. The molecule has 1 aliphatic rings. The molecule has 0 spiro atoms. The summed E-state index contributed by atoms with van der Waals surface area (Å²) >= 11 is 0. The van der Waals surface area contributed by atoms with Crippen molar-refractivity contribution in [1.29, 1.82) is 0 Å². The molecule has 0 aliphatic carbocycles. The highest BCUT2D eigenvalue weighted by atomic mass is 16.5.